The molecule has 1 aromatic heterocycles. The fourth-order valence-corrected chi connectivity index (χ4v) is 3.45. The van der Waals surface area contributed by atoms with E-state index in [1.54, 1.807) is 0 Å². The number of urea groups is 1. The van der Waals surface area contributed by atoms with Crippen LogP contribution < -0.4 is 15.5 Å². The van der Waals surface area contributed by atoms with E-state index in [1.807, 2.05) is 30.3 Å². The molecule has 0 saturated carbocycles. The molecule has 0 bridgehead atoms. The van der Waals surface area contributed by atoms with E-state index in [0.717, 1.165) is 23.8 Å². The molecule has 7 heteroatoms. The van der Waals surface area contributed by atoms with Crippen molar-refractivity contribution in [1.29, 1.82) is 0 Å². The van der Waals surface area contributed by atoms with Crippen LogP contribution in [-0.4, -0.2) is 29.3 Å². The van der Waals surface area contributed by atoms with Gasteiger partial charge in [-0.25, -0.2) is 4.79 Å². The molecule has 0 aliphatic carbocycles. The first-order valence-corrected chi connectivity index (χ1v) is 8.69. The van der Waals surface area contributed by atoms with Crippen LogP contribution in [-0.2, 0) is 6.54 Å². The molecule has 3 rings (SSSR count). The maximum absolute atomic E-state index is 11.9. The van der Waals surface area contributed by atoms with Crippen molar-refractivity contribution in [2.75, 3.05) is 23.3 Å². The number of rotatable bonds is 4. The molecule has 122 valence electrons. The summed E-state index contributed by atoms with van der Waals surface area (Å²) < 4.78 is 0. The highest BCUT2D eigenvalue weighted by Gasteiger charge is 2.20. The second kappa shape index (κ2) is 7.41. The molecular formula is C16H21N5OS. The predicted octanol–water partition coefficient (Wildman–Crippen LogP) is 3.10. The van der Waals surface area contributed by atoms with Gasteiger partial charge in [0.15, 0.2) is 0 Å². The smallest absolute Gasteiger partial charge is 0.321 e. The lowest BCUT2D eigenvalue weighted by molar-refractivity contribution is 0.251. The summed E-state index contributed by atoms with van der Waals surface area (Å²) in [5.74, 6) is 0.679. The first-order chi connectivity index (χ1) is 11.2. The molecule has 0 radical (unpaired) electrons. The number of carbonyl (C=O) groups excluding carboxylic acids is 1. The molecule has 1 atom stereocenters. The van der Waals surface area contributed by atoms with Gasteiger partial charge in [0.25, 0.3) is 0 Å². The standard InChI is InChI=1S/C16H21N5OS/c1-12-6-5-9-21(11-12)16-20-19-15(23-16)18-14(22)17-10-13-7-3-2-4-8-13/h2-4,7-8,12H,5-6,9-11H2,1H3,(H2,17,18,19,22). The van der Waals surface area contributed by atoms with E-state index in [9.17, 15) is 4.79 Å². The highest BCUT2D eigenvalue weighted by molar-refractivity contribution is 7.19. The number of hydrogen-bond acceptors (Lipinski definition) is 5. The van der Waals surface area contributed by atoms with Gasteiger partial charge in [0.2, 0.25) is 10.3 Å². The molecule has 1 aromatic carbocycles. The monoisotopic (exact) mass is 331 g/mol. The summed E-state index contributed by atoms with van der Waals surface area (Å²) in [6.07, 6.45) is 2.45. The Morgan fingerprint density at radius 3 is 2.96 bits per heavy atom. The molecular weight excluding hydrogens is 310 g/mol. The summed E-state index contributed by atoms with van der Waals surface area (Å²) in [7, 11) is 0. The molecule has 6 nitrogen and oxygen atoms in total. The Hall–Kier alpha value is -2.15. The fraction of sp³-hybridized carbons (Fsp3) is 0.438. The highest BCUT2D eigenvalue weighted by Crippen LogP contribution is 2.28. The number of aromatic nitrogens is 2. The van der Waals surface area contributed by atoms with Gasteiger partial charge in [-0.1, -0.05) is 48.6 Å². The number of anilines is 2. The van der Waals surface area contributed by atoms with Crippen LogP contribution in [0, 0.1) is 5.92 Å². The molecule has 2 amide bonds. The van der Waals surface area contributed by atoms with E-state index in [0.29, 0.717) is 17.6 Å². The fourth-order valence-electron chi connectivity index (χ4n) is 2.68. The summed E-state index contributed by atoms with van der Waals surface area (Å²) >= 11 is 1.42. The minimum atomic E-state index is -0.261. The Balaban J connectivity index is 1.51. The van der Waals surface area contributed by atoms with Crippen LogP contribution in [0.3, 0.4) is 0 Å². The van der Waals surface area contributed by atoms with Crippen molar-refractivity contribution in [3.63, 3.8) is 0 Å². The van der Waals surface area contributed by atoms with Crippen molar-refractivity contribution >= 4 is 27.6 Å². The Kier molecular flexibility index (Phi) is 5.07. The largest absolute Gasteiger partial charge is 0.346 e. The van der Waals surface area contributed by atoms with E-state index in [-0.39, 0.29) is 6.03 Å². The number of benzene rings is 1. The highest BCUT2D eigenvalue weighted by atomic mass is 32.1. The van der Waals surface area contributed by atoms with E-state index < -0.39 is 0 Å². The molecule has 1 unspecified atom stereocenters. The second-order valence-corrected chi connectivity index (χ2v) is 6.83. The van der Waals surface area contributed by atoms with Crippen molar-refractivity contribution in [2.24, 2.45) is 5.92 Å². The molecule has 23 heavy (non-hydrogen) atoms. The lowest BCUT2D eigenvalue weighted by Crippen LogP contribution is -2.34. The average molecular weight is 331 g/mol. The third-order valence-corrected chi connectivity index (χ3v) is 4.76. The Morgan fingerprint density at radius 1 is 1.35 bits per heavy atom. The molecule has 1 saturated heterocycles. The second-order valence-electron chi connectivity index (χ2n) is 5.88. The van der Waals surface area contributed by atoms with Crippen LogP contribution in [0.1, 0.15) is 25.3 Å². The van der Waals surface area contributed by atoms with Gasteiger partial charge in [-0.2, -0.15) is 0 Å². The zero-order valence-electron chi connectivity index (χ0n) is 13.2. The van der Waals surface area contributed by atoms with Gasteiger partial charge in [-0.3, -0.25) is 5.32 Å². The van der Waals surface area contributed by atoms with Gasteiger partial charge < -0.3 is 10.2 Å². The van der Waals surface area contributed by atoms with Crippen LogP contribution in [0.15, 0.2) is 30.3 Å². The summed E-state index contributed by atoms with van der Waals surface area (Å²) in [6, 6.07) is 9.54. The normalized spacial score (nSPS) is 17.8. The van der Waals surface area contributed by atoms with Crippen LogP contribution >= 0.6 is 11.3 Å². The molecule has 1 aliphatic heterocycles. The van der Waals surface area contributed by atoms with E-state index in [4.69, 9.17) is 0 Å². The summed E-state index contributed by atoms with van der Waals surface area (Å²) in [5.41, 5.74) is 1.06. The van der Waals surface area contributed by atoms with E-state index in [1.165, 1.54) is 24.2 Å². The summed E-state index contributed by atoms with van der Waals surface area (Å²) in [6.45, 7) is 4.76. The minimum Gasteiger partial charge on any atom is -0.346 e. The number of hydrogen-bond donors (Lipinski definition) is 2. The molecule has 1 aliphatic rings. The lowest BCUT2D eigenvalue weighted by atomic mass is 10.0. The predicted molar refractivity (Wildman–Crippen MR) is 92.8 cm³/mol. The molecule has 2 heterocycles. The van der Waals surface area contributed by atoms with Crippen molar-refractivity contribution in [3.8, 4) is 0 Å². The molecule has 0 spiro atoms. The van der Waals surface area contributed by atoms with Crippen LogP contribution in [0.2, 0.25) is 0 Å². The first kappa shape index (κ1) is 15.7. The average Bonchev–Trinajstić information content (AvgIpc) is 3.02. The SMILES string of the molecule is CC1CCCN(c2nnc(NC(=O)NCc3ccccc3)s2)C1. The summed E-state index contributed by atoms with van der Waals surface area (Å²) in [5, 5.41) is 15.2. The Bertz CT molecular complexity index is 645. The zero-order valence-corrected chi connectivity index (χ0v) is 14.0. The zero-order chi connectivity index (χ0) is 16.1. The Morgan fingerprint density at radius 2 is 2.17 bits per heavy atom. The molecule has 2 aromatic rings. The lowest BCUT2D eigenvalue weighted by Gasteiger charge is -2.29. The molecule has 2 N–H and O–H groups in total. The summed E-state index contributed by atoms with van der Waals surface area (Å²) in [4.78, 5) is 14.2. The van der Waals surface area contributed by atoms with Gasteiger partial charge in [0.05, 0.1) is 0 Å². The van der Waals surface area contributed by atoms with E-state index >= 15 is 0 Å². The third kappa shape index (κ3) is 4.41. The number of carbonyl (C=O) groups is 1. The van der Waals surface area contributed by atoms with Crippen molar-refractivity contribution < 1.29 is 4.79 Å². The maximum Gasteiger partial charge on any atom is 0.321 e. The van der Waals surface area contributed by atoms with Gasteiger partial charge >= 0.3 is 6.03 Å². The number of nitrogens with zero attached hydrogens (tertiary/aromatic N) is 3. The molecule has 1 fully saturated rings. The van der Waals surface area contributed by atoms with Crippen molar-refractivity contribution in [2.45, 2.75) is 26.3 Å². The van der Waals surface area contributed by atoms with E-state index in [2.05, 4.69) is 32.7 Å². The number of nitrogens with one attached hydrogen (secondary N) is 2. The Labute approximate surface area is 139 Å². The van der Waals surface area contributed by atoms with Crippen LogP contribution in [0.25, 0.3) is 0 Å². The van der Waals surface area contributed by atoms with Gasteiger partial charge in [0, 0.05) is 19.6 Å². The first-order valence-electron chi connectivity index (χ1n) is 7.88. The number of piperidine rings is 1. The quantitative estimate of drug-likeness (QED) is 0.903. The topological polar surface area (TPSA) is 70.2 Å². The maximum atomic E-state index is 11.9. The van der Waals surface area contributed by atoms with Gasteiger partial charge in [-0.05, 0) is 24.3 Å². The number of amides is 2. The third-order valence-electron chi connectivity index (χ3n) is 3.86. The van der Waals surface area contributed by atoms with Gasteiger partial charge in [0.1, 0.15) is 0 Å². The van der Waals surface area contributed by atoms with Crippen LogP contribution in [0.5, 0.6) is 0 Å². The van der Waals surface area contributed by atoms with Crippen LogP contribution in [0.4, 0.5) is 15.1 Å². The van der Waals surface area contributed by atoms with Crippen molar-refractivity contribution in [3.05, 3.63) is 35.9 Å². The minimum absolute atomic E-state index is 0.261. The van der Waals surface area contributed by atoms with Crippen molar-refractivity contribution in [1.82, 2.24) is 15.5 Å². The van der Waals surface area contributed by atoms with Gasteiger partial charge in [-0.15, -0.1) is 10.2 Å².